The predicted octanol–water partition coefficient (Wildman–Crippen LogP) is 9.26. The number of hydrogen-bond donors (Lipinski definition) is 1. The summed E-state index contributed by atoms with van der Waals surface area (Å²) in [5.74, 6) is -0.605. The molecule has 1 aliphatic heterocycles. The highest BCUT2D eigenvalue weighted by Gasteiger charge is 2.34. The zero-order valence-electron chi connectivity index (χ0n) is 22.3. The van der Waals surface area contributed by atoms with E-state index in [0.717, 1.165) is 33.7 Å². The highest BCUT2D eigenvalue weighted by atomic mass is 19.1. The van der Waals surface area contributed by atoms with E-state index in [1.807, 2.05) is 65.8 Å². The predicted molar refractivity (Wildman–Crippen MR) is 148 cm³/mol. The van der Waals surface area contributed by atoms with Gasteiger partial charge < -0.3 is 0 Å². The van der Waals surface area contributed by atoms with Crippen LogP contribution in [0.25, 0.3) is 21.7 Å². The Labute approximate surface area is 209 Å². The summed E-state index contributed by atoms with van der Waals surface area (Å²) in [6.45, 7) is 16.6. The molecule has 0 saturated carbocycles. The van der Waals surface area contributed by atoms with Crippen LogP contribution in [0.1, 0.15) is 67.4 Å². The number of rotatable bonds is 2. The number of pyridine rings is 1. The van der Waals surface area contributed by atoms with Crippen LogP contribution in [-0.2, 0) is 5.41 Å². The SMILES string of the molecule is CC.CC.CC.CCC1(C)CN(c2c(F)cccc2F)Nc2nc3c1cccc3c1ccccc21. The van der Waals surface area contributed by atoms with Gasteiger partial charge in [0.15, 0.2) is 17.5 Å². The van der Waals surface area contributed by atoms with Gasteiger partial charge in [-0.3, -0.25) is 10.4 Å². The van der Waals surface area contributed by atoms with Crippen molar-refractivity contribution in [2.75, 3.05) is 17.0 Å². The van der Waals surface area contributed by atoms with E-state index in [-0.39, 0.29) is 11.1 Å². The highest BCUT2D eigenvalue weighted by Crippen LogP contribution is 2.41. The number of para-hydroxylation sites is 2. The van der Waals surface area contributed by atoms with Crippen LogP contribution >= 0.6 is 0 Å². The third kappa shape index (κ3) is 5.24. The second kappa shape index (κ2) is 12.5. The van der Waals surface area contributed by atoms with Crippen molar-refractivity contribution in [3.63, 3.8) is 0 Å². The molecule has 1 atom stereocenters. The maximum atomic E-state index is 14.7. The van der Waals surface area contributed by atoms with Gasteiger partial charge in [-0.1, -0.05) is 104 Å². The van der Waals surface area contributed by atoms with E-state index in [9.17, 15) is 8.78 Å². The van der Waals surface area contributed by atoms with Gasteiger partial charge in [-0.15, -0.1) is 0 Å². The van der Waals surface area contributed by atoms with E-state index >= 15 is 0 Å². The largest absolute Gasteiger partial charge is 0.281 e. The first kappa shape index (κ1) is 28.0. The lowest BCUT2D eigenvalue weighted by molar-refractivity contribution is 0.450. The van der Waals surface area contributed by atoms with Crippen LogP contribution in [0.15, 0.2) is 60.7 Å². The summed E-state index contributed by atoms with van der Waals surface area (Å²) in [5, 5.41) is 4.65. The zero-order valence-corrected chi connectivity index (χ0v) is 22.3. The molecule has 188 valence electrons. The number of benzene rings is 3. The van der Waals surface area contributed by atoms with Gasteiger partial charge in [0.25, 0.3) is 0 Å². The third-order valence-electron chi connectivity index (χ3n) is 6.12. The van der Waals surface area contributed by atoms with Crippen LogP contribution in [-0.4, -0.2) is 11.5 Å². The van der Waals surface area contributed by atoms with Crippen LogP contribution in [0, 0.1) is 11.6 Å². The molecule has 0 fully saturated rings. The number of anilines is 2. The molecule has 1 N–H and O–H groups in total. The number of nitrogens with zero attached hydrogens (tertiary/aromatic N) is 2. The topological polar surface area (TPSA) is 28.2 Å². The van der Waals surface area contributed by atoms with E-state index in [4.69, 9.17) is 4.98 Å². The van der Waals surface area contributed by atoms with Crippen molar-refractivity contribution < 1.29 is 8.78 Å². The molecule has 35 heavy (non-hydrogen) atoms. The van der Waals surface area contributed by atoms with E-state index in [1.54, 1.807) is 5.01 Å². The van der Waals surface area contributed by atoms with Gasteiger partial charge in [0.2, 0.25) is 0 Å². The summed E-state index contributed by atoms with van der Waals surface area (Å²) in [5.41, 5.74) is 4.83. The molecule has 1 aliphatic rings. The maximum absolute atomic E-state index is 14.7. The fourth-order valence-electron chi connectivity index (χ4n) is 4.34. The van der Waals surface area contributed by atoms with Crippen molar-refractivity contribution in [1.29, 1.82) is 0 Å². The Kier molecular flexibility index (Phi) is 10.00. The second-order valence-electron chi connectivity index (χ2n) is 7.89. The first-order valence-electron chi connectivity index (χ1n) is 12.8. The van der Waals surface area contributed by atoms with Crippen molar-refractivity contribution >= 4 is 33.2 Å². The lowest BCUT2D eigenvalue weighted by Gasteiger charge is -2.39. The molecule has 0 radical (unpaired) electrons. The second-order valence-corrected chi connectivity index (χ2v) is 7.89. The minimum absolute atomic E-state index is 0.0856. The average Bonchev–Trinajstić information content (AvgIpc) is 2.91. The molecular formula is C30H39F2N3. The van der Waals surface area contributed by atoms with Gasteiger partial charge >= 0.3 is 0 Å². The summed E-state index contributed by atoms with van der Waals surface area (Å²) in [6.07, 6.45) is 0.796. The molecule has 1 aromatic heterocycles. The molecule has 5 heteroatoms. The summed E-state index contributed by atoms with van der Waals surface area (Å²) in [7, 11) is 0. The van der Waals surface area contributed by atoms with Crippen LogP contribution in [0.5, 0.6) is 0 Å². The van der Waals surface area contributed by atoms with Crippen molar-refractivity contribution in [1.82, 2.24) is 4.98 Å². The molecular weight excluding hydrogens is 440 g/mol. The monoisotopic (exact) mass is 479 g/mol. The molecule has 1 unspecified atom stereocenters. The Morgan fingerprint density at radius 3 is 1.94 bits per heavy atom. The van der Waals surface area contributed by atoms with Gasteiger partial charge in [0.1, 0.15) is 5.69 Å². The van der Waals surface area contributed by atoms with E-state index in [2.05, 4.69) is 37.5 Å². The van der Waals surface area contributed by atoms with Crippen molar-refractivity contribution in [2.45, 2.75) is 67.2 Å². The fourth-order valence-corrected chi connectivity index (χ4v) is 4.34. The standard InChI is InChI=1S/C24H21F2N3.3C2H6/c1-3-24(2)14-29(22-19(25)12-7-13-20(22)26)28-23-17-9-5-4-8-15(17)16-10-6-11-18(24)21(16)27-23;3*1-2/h4-13H,3,14H2,1-2H3,(H,27,28);3*1-2H3. The Balaban J connectivity index is 0.000000671. The smallest absolute Gasteiger partial charge is 0.153 e. The lowest BCUT2D eigenvalue weighted by Crippen LogP contribution is -2.44. The molecule has 0 aliphatic carbocycles. The van der Waals surface area contributed by atoms with Gasteiger partial charge in [-0.2, -0.15) is 0 Å². The molecule has 2 bridgehead atoms. The van der Waals surface area contributed by atoms with E-state index < -0.39 is 11.6 Å². The first-order chi connectivity index (χ1) is 17.0. The van der Waals surface area contributed by atoms with Crippen molar-refractivity contribution in [3.05, 3.63) is 77.9 Å². The van der Waals surface area contributed by atoms with Gasteiger partial charge in [0, 0.05) is 22.7 Å². The number of nitrogens with one attached hydrogen (secondary N) is 1. The minimum Gasteiger partial charge on any atom is -0.281 e. The molecule has 3 nitrogen and oxygen atoms in total. The van der Waals surface area contributed by atoms with Crippen molar-refractivity contribution in [3.8, 4) is 0 Å². The Hall–Kier alpha value is -3.21. The molecule has 0 saturated heterocycles. The first-order valence-corrected chi connectivity index (χ1v) is 12.8. The Morgan fingerprint density at radius 2 is 1.34 bits per heavy atom. The van der Waals surface area contributed by atoms with Crippen LogP contribution in [0.4, 0.5) is 20.3 Å². The molecule has 5 rings (SSSR count). The van der Waals surface area contributed by atoms with E-state index in [1.165, 1.54) is 18.2 Å². The number of aromatic nitrogens is 1. The number of fused-ring (bicyclic) bond motifs is 4. The maximum Gasteiger partial charge on any atom is 0.153 e. The van der Waals surface area contributed by atoms with Gasteiger partial charge in [0.05, 0.1) is 5.52 Å². The highest BCUT2D eigenvalue weighted by molar-refractivity contribution is 6.11. The third-order valence-corrected chi connectivity index (χ3v) is 6.12. The molecule has 2 heterocycles. The van der Waals surface area contributed by atoms with Crippen LogP contribution in [0.3, 0.4) is 0 Å². The summed E-state index contributed by atoms with van der Waals surface area (Å²) in [6, 6.07) is 18.1. The quantitative estimate of drug-likeness (QED) is 0.290. The van der Waals surface area contributed by atoms with Gasteiger partial charge in [-0.05, 0) is 29.5 Å². The van der Waals surface area contributed by atoms with E-state index in [0.29, 0.717) is 12.4 Å². The number of halogens is 2. The normalized spacial score (nSPS) is 16.0. The van der Waals surface area contributed by atoms with Crippen LogP contribution in [0.2, 0.25) is 0 Å². The molecule has 0 spiro atoms. The number of hydrazine groups is 1. The molecule has 3 aromatic carbocycles. The minimum atomic E-state index is -0.602. The average molecular weight is 480 g/mol. The Bertz CT molecular complexity index is 1240. The summed E-state index contributed by atoms with van der Waals surface area (Å²) >= 11 is 0. The number of hydrogen-bond acceptors (Lipinski definition) is 3. The summed E-state index contributed by atoms with van der Waals surface area (Å²) < 4.78 is 29.4. The van der Waals surface area contributed by atoms with Gasteiger partial charge in [-0.25, -0.2) is 13.8 Å². The zero-order chi connectivity index (χ0) is 26.2. The lowest BCUT2D eigenvalue weighted by atomic mass is 9.78. The summed E-state index contributed by atoms with van der Waals surface area (Å²) in [4.78, 5) is 4.92. The molecule has 0 amide bonds. The molecule has 4 aromatic rings. The fraction of sp³-hybridized carbons (Fsp3) is 0.367. The van der Waals surface area contributed by atoms with Crippen LogP contribution < -0.4 is 10.4 Å². The van der Waals surface area contributed by atoms with Crippen molar-refractivity contribution in [2.24, 2.45) is 0 Å². The Morgan fingerprint density at radius 1 is 0.800 bits per heavy atom.